The van der Waals surface area contributed by atoms with Gasteiger partial charge in [-0.25, -0.2) is 0 Å². The van der Waals surface area contributed by atoms with Crippen molar-refractivity contribution < 1.29 is 13.2 Å². The van der Waals surface area contributed by atoms with Gasteiger partial charge in [0.2, 0.25) is 0 Å². The molecule has 1 fully saturated rings. The second kappa shape index (κ2) is 7.01. The second-order valence-corrected chi connectivity index (χ2v) is 5.50. The van der Waals surface area contributed by atoms with Gasteiger partial charge in [0.05, 0.1) is 6.42 Å². The third kappa shape index (κ3) is 6.68. The van der Waals surface area contributed by atoms with Crippen molar-refractivity contribution in [2.24, 2.45) is 10.4 Å². The molecule has 0 aromatic rings. The van der Waals surface area contributed by atoms with E-state index in [-0.39, 0.29) is 12.0 Å². The minimum atomic E-state index is -4.12. The second-order valence-electron chi connectivity index (χ2n) is 5.50. The summed E-state index contributed by atoms with van der Waals surface area (Å²) in [5.74, 6) is 0.486. The van der Waals surface area contributed by atoms with Crippen molar-refractivity contribution in [1.82, 2.24) is 10.6 Å². The molecule has 0 spiro atoms. The van der Waals surface area contributed by atoms with Gasteiger partial charge >= 0.3 is 6.18 Å². The van der Waals surface area contributed by atoms with Gasteiger partial charge in [-0.05, 0) is 25.2 Å². The first-order valence-electron chi connectivity index (χ1n) is 6.94. The fourth-order valence-electron chi connectivity index (χ4n) is 2.32. The van der Waals surface area contributed by atoms with Crippen LogP contribution in [-0.2, 0) is 0 Å². The highest BCUT2D eigenvalue weighted by Gasteiger charge is 2.28. The molecule has 1 saturated carbocycles. The summed E-state index contributed by atoms with van der Waals surface area (Å²) in [5.41, 5.74) is 0.215. The van der Waals surface area contributed by atoms with Crippen LogP contribution in [0.4, 0.5) is 13.2 Å². The third-order valence-corrected chi connectivity index (χ3v) is 3.47. The Morgan fingerprint density at radius 2 is 1.84 bits per heavy atom. The average Bonchev–Trinajstić information content (AvgIpc) is 2.72. The Bertz CT molecular complexity index is 294. The van der Waals surface area contributed by atoms with E-state index in [1.807, 2.05) is 6.92 Å². The van der Waals surface area contributed by atoms with Gasteiger partial charge in [-0.3, -0.25) is 4.99 Å². The molecule has 0 heterocycles. The van der Waals surface area contributed by atoms with Crippen molar-refractivity contribution in [2.75, 3.05) is 19.6 Å². The molecule has 19 heavy (non-hydrogen) atoms. The predicted molar refractivity (Wildman–Crippen MR) is 71.2 cm³/mol. The highest BCUT2D eigenvalue weighted by molar-refractivity contribution is 5.79. The maximum Gasteiger partial charge on any atom is 0.390 e. The molecule has 3 nitrogen and oxygen atoms in total. The van der Waals surface area contributed by atoms with Crippen LogP contribution in [0.5, 0.6) is 0 Å². The smallest absolute Gasteiger partial charge is 0.357 e. The van der Waals surface area contributed by atoms with Gasteiger partial charge < -0.3 is 10.6 Å². The molecular weight excluding hydrogens is 255 g/mol. The average molecular weight is 279 g/mol. The molecule has 2 N–H and O–H groups in total. The largest absolute Gasteiger partial charge is 0.390 e. The van der Waals surface area contributed by atoms with Crippen molar-refractivity contribution in [3.63, 3.8) is 0 Å². The van der Waals surface area contributed by atoms with Crippen molar-refractivity contribution in [3.05, 3.63) is 0 Å². The molecule has 0 radical (unpaired) electrons. The molecule has 0 aromatic heterocycles. The van der Waals surface area contributed by atoms with Crippen LogP contribution in [0.15, 0.2) is 4.99 Å². The number of alkyl halides is 3. The van der Waals surface area contributed by atoms with Crippen LogP contribution in [-0.4, -0.2) is 31.8 Å². The van der Waals surface area contributed by atoms with E-state index >= 15 is 0 Å². The normalized spacial score (nSPS) is 19.5. The topological polar surface area (TPSA) is 36.4 Å². The van der Waals surface area contributed by atoms with Gasteiger partial charge in [-0.2, -0.15) is 13.2 Å². The first-order valence-corrected chi connectivity index (χ1v) is 6.94. The Balaban J connectivity index is 2.42. The van der Waals surface area contributed by atoms with Crippen LogP contribution in [0.2, 0.25) is 0 Å². The standard InChI is InChI=1S/C13H24F3N3/c1-3-17-11(18-9-8-13(14,15)16)19-10-12(2)6-4-5-7-12/h3-10H2,1-2H3,(H2,17,18,19). The highest BCUT2D eigenvalue weighted by Crippen LogP contribution is 2.37. The number of aliphatic imine (C=N–C) groups is 1. The zero-order valence-electron chi connectivity index (χ0n) is 11.7. The Labute approximate surface area is 113 Å². The van der Waals surface area contributed by atoms with Gasteiger partial charge in [0.15, 0.2) is 5.96 Å². The summed E-state index contributed by atoms with van der Waals surface area (Å²) in [6.45, 7) is 5.29. The maximum atomic E-state index is 12.1. The zero-order valence-corrected chi connectivity index (χ0v) is 11.7. The number of hydrogen-bond acceptors (Lipinski definition) is 1. The molecule has 0 unspecified atom stereocenters. The van der Waals surface area contributed by atoms with Crippen molar-refractivity contribution >= 4 is 5.96 Å². The van der Waals surface area contributed by atoms with E-state index in [0.29, 0.717) is 19.0 Å². The Hall–Kier alpha value is -0.940. The minimum Gasteiger partial charge on any atom is -0.357 e. The van der Waals surface area contributed by atoms with E-state index in [1.165, 1.54) is 12.8 Å². The van der Waals surface area contributed by atoms with E-state index in [4.69, 9.17) is 0 Å². The molecule has 1 aliphatic carbocycles. The van der Waals surface area contributed by atoms with Crippen LogP contribution in [0.3, 0.4) is 0 Å². The van der Waals surface area contributed by atoms with E-state index in [0.717, 1.165) is 12.8 Å². The van der Waals surface area contributed by atoms with Gasteiger partial charge in [0.25, 0.3) is 0 Å². The van der Waals surface area contributed by atoms with Gasteiger partial charge in [-0.15, -0.1) is 0 Å². The fourth-order valence-corrected chi connectivity index (χ4v) is 2.32. The summed E-state index contributed by atoms with van der Waals surface area (Å²) in [5, 5.41) is 5.72. The van der Waals surface area contributed by atoms with E-state index < -0.39 is 12.6 Å². The van der Waals surface area contributed by atoms with E-state index in [9.17, 15) is 13.2 Å². The molecule has 0 atom stereocenters. The van der Waals surface area contributed by atoms with Gasteiger partial charge in [-0.1, -0.05) is 19.8 Å². The van der Waals surface area contributed by atoms with Crippen LogP contribution in [0.1, 0.15) is 46.0 Å². The van der Waals surface area contributed by atoms with E-state index in [2.05, 4.69) is 22.5 Å². The monoisotopic (exact) mass is 279 g/mol. The fraction of sp³-hybridized carbons (Fsp3) is 0.923. The summed E-state index contributed by atoms with van der Waals surface area (Å²) in [4.78, 5) is 4.41. The summed E-state index contributed by atoms with van der Waals surface area (Å²) < 4.78 is 36.3. The molecule has 0 aromatic carbocycles. The lowest BCUT2D eigenvalue weighted by Gasteiger charge is -2.21. The van der Waals surface area contributed by atoms with Crippen LogP contribution in [0.25, 0.3) is 0 Å². The molecule has 112 valence electrons. The molecular formula is C13H24F3N3. The molecule has 0 saturated heterocycles. The first-order chi connectivity index (χ1) is 8.85. The third-order valence-electron chi connectivity index (χ3n) is 3.47. The SMILES string of the molecule is CCNC(=NCC1(C)CCCC1)NCCC(F)(F)F. The van der Waals surface area contributed by atoms with Crippen molar-refractivity contribution in [1.29, 1.82) is 0 Å². The van der Waals surface area contributed by atoms with Crippen molar-refractivity contribution in [3.8, 4) is 0 Å². The minimum absolute atomic E-state index is 0.133. The Morgan fingerprint density at radius 1 is 1.21 bits per heavy atom. The zero-order chi connectivity index (χ0) is 14.4. The molecule has 6 heteroatoms. The highest BCUT2D eigenvalue weighted by atomic mass is 19.4. The number of nitrogens with one attached hydrogen (secondary N) is 2. The maximum absolute atomic E-state index is 12.1. The molecule has 0 bridgehead atoms. The Morgan fingerprint density at radius 3 is 2.37 bits per heavy atom. The van der Waals surface area contributed by atoms with Gasteiger partial charge in [0.1, 0.15) is 0 Å². The number of halogens is 3. The van der Waals surface area contributed by atoms with Crippen molar-refractivity contribution in [2.45, 2.75) is 52.1 Å². The molecule has 0 amide bonds. The molecule has 1 aliphatic rings. The van der Waals surface area contributed by atoms with Crippen LogP contribution >= 0.6 is 0 Å². The van der Waals surface area contributed by atoms with Crippen LogP contribution < -0.4 is 10.6 Å². The molecule has 0 aliphatic heterocycles. The predicted octanol–water partition coefficient (Wildman–Crippen LogP) is 3.07. The Kier molecular flexibility index (Phi) is 5.94. The lowest BCUT2D eigenvalue weighted by molar-refractivity contribution is -0.132. The lowest BCUT2D eigenvalue weighted by Crippen LogP contribution is -2.39. The number of guanidine groups is 1. The quantitative estimate of drug-likeness (QED) is 0.599. The lowest BCUT2D eigenvalue weighted by atomic mass is 9.89. The number of hydrogen-bond donors (Lipinski definition) is 2. The summed E-state index contributed by atoms with van der Waals surface area (Å²) >= 11 is 0. The summed E-state index contributed by atoms with van der Waals surface area (Å²) in [7, 11) is 0. The number of nitrogens with zero attached hydrogens (tertiary/aromatic N) is 1. The molecule has 1 rings (SSSR count). The van der Waals surface area contributed by atoms with Gasteiger partial charge in [0, 0.05) is 19.6 Å². The van der Waals surface area contributed by atoms with Crippen LogP contribution in [0, 0.1) is 5.41 Å². The first kappa shape index (κ1) is 16.1. The summed E-state index contributed by atoms with van der Waals surface area (Å²) in [6.07, 6.45) is -0.207. The van der Waals surface area contributed by atoms with E-state index in [1.54, 1.807) is 0 Å². The number of rotatable bonds is 5. The summed E-state index contributed by atoms with van der Waals surface area (Å²) in [6, 6.07) is 0.